The van der Waals surface area contributed by atoms with E-state index >= 15 is 0 Å². The summed E-state index contributed by atoms with van der Waals surface area (Å²) in [5.74, 6) is 0.132. The summed E-state index contributed by atoms with van der Waals surface area (Å²) < 4.78 is 22.7. The summed E-state index contributed by atoms with van der Waals surface area (Å²) in [6.07, 6.45) is 2.97. The fraction of sp³-hybridized carbons (Fsp3) is 0.429. The zero-order valence-corrected chi connectivity index (χ0v) is 18.7. The molecule has 2 aromatic rings. The van der Waals surface area contributed by atoms with Crippen molar-refractivity contribution in [2.45, 2.75) is 23.8 Å². The van der Waals surface area contributed by atoms with Gasteiger partial charge in [-0.3, -0.25) is 9.69 Å². The molecule has 1 aliphatic rings. The first-order valence-electron chi connectivity index (χ1n) is 9.62. The van der Waals surface area contributed by atoms with Gasteiger partial charge in [0.25, 0.3) is 5.91 Å². The number of amides is 1. The fourth-order valence-electron chi connectivity index (χ4n) is 3.16. The predicted octanol–water partition coefficient (Wildman–Crippen LogP) is 2.65. The maximum absolute atomic E-state index is 13.1. The summed E-state index contributed by atoms with van der Waals surface area (Å²) in [5, 5.41) is 0.709. The third-order valence-electron chi connectivity index (χ3n) is 5.13. The summed E-state index contributed by atoms with van der Waals surface area (Å²) in [7, 11) is -2.97. The van der Waals surface area contributed by atoms with Gasteiger partial charge >= 0.3 is 0 Å². The van der Waals surface area contributed by atoms with Gasteiger partial charge < -0.3 is 4.90 Å². The maximum atomic E-state index is 13.1. The molecule has 1 aliphatic heterocycles. The van der Waals surface area contributed by atoms with E-state index in [4.69, 9.17) is 0 Å². The molecule has 0 saturated carbocycles. The van der Waals surface area contributed by atoms with E-state index in [-0.39, 0.29) is 11.7 Å². The normalized spacial score (nSPS) is 15.5. The second-order valence-electron chi connectivity index (χ2n) is 7.47. The van der Waals surface area contributed by atoms with Crippen molar-refractivity contribution in [3.05, 3.63) is 53.2 Å². The average Bonchev–Trinajstić information content (AvgIpc) is 2.69. The van der Waals surface area contributed by atoms with Crippen molar-refractivity contribution in [2.75, 3.05) is 44.7 Å². The van der Waals surface area contributed by atoms with E-state index in [9.17, 15) is 13.2 Å². The van der Waals surface area contributed by atoms with Gasteiger partial charge in [-0.2, -0.15) is 0 Å². The van der Waals surface area contributed by atoms with Crippen molar-refractivity contribution >= 4 is 27.5 Å². The second kappa shape index (κ2) is 9.28. The van der Waals surface area contributed by atoms with E-state index in [1.165, 1.54) is 29.1 Å². The van der Waals surface area contributed by atoms with Crippen LogP contribution in [0, 0.1) is 13.8 Å². The van der Waals surface area contributed by atoms with Crippen LogP contribution in [-0.4, -0.2) is 73.8 Å². The number of aryl methyl sites for hydroxylation is 2. The molecule has 1 amide bonds. The molecule has 1 saturated heterocycles. The van der Waals surface area contributed by atoms with E-state index in [0.717, 1.165) is 4.90 Å². The molecule has 1 fully saturated rings. The molecule has 0 aliphatic carbocycles. The first-order chi connectivity index (χ1) is 13.7. The number of nitrogens with zero attached hydrogens (tertiary/aromatic N) is 3. The highest BCUT2D eigenvalue weighted by Crippen LogP contribution is 2.30. The lowest BCUT2D eigenvalue weighted by Gasteiger charge is -2.34. The Kier molecular flexibility index (Phi) is 6.97. The summed E-state index contributed by atoms with van der Waals surface area (Å²) in [4.78, 5) is 22.6. The molecule has 0 atom stereocenters. The van der Waals surface area contributed by atoms with Gasteiger partial charge in [0.15, 0.2) is 0 Å². The molecule has 0 unspecified atom stereocenters. The lowest BCUT2D eigenvalue weighted by molar-refractivity contribution is 0.0640. The van der Waals surface area contributed by atoms with Gasteiger partial charge in [0.1, 0.15) is 14.9 Å². The number of pyridine rings is 1. The van der Waals surface area contributed by atoms with E-state index in [1.807, 2.05) is 11.0 Å². The number of rotatable bonds is 6. The molecule has 0 N–H and O–H groups in total. The molecule has 156 valence electrons. The van der Waals surface area contributed by atoms with Crippen LogP contribution < -0.4 is 0 Å². The minimum atomic E-state index is -2.97. The van der Waals surface area contributed by atoms with Crippen molar-refractivity contribution in [3.8, 4) is 0 Å². The number of hydrogen-bond acceptors (Lipinski definition) is 6. The Morgan fingerprint density at radius 1 is 1.10 bits per heavy atom. The van der Waals surface area contributed by atoms with Crippen molar-refractivity contribution in [2.24, 2.45) is 0 Å². The third kappa shape index (κ3) is 6.04. The Morgan fingerprint density at radius 2 is 1.83 bits per heavy atom. The van der Waals surface area contributed by atoms with Gasteiger partial charge in [0.05, 0.1) is 11.3 Å². The van der Waals surface area contributed by atoms with Crippen LogP contribution in [0.4, 0.5) is 0 Å². The molecule has 29 heavy (non-hydrogen) atoms. The molecule has 6 nitrogen and oxygen atoms in total. The van der Waals surface area contributed by atoms with Crippen LogP contribution in [0.5, 0.6) is 0 Å². The van der Waals surface area contributed by atoms with Crippen molar-refractivity contribution in [1.29, 1.82) is 0 Å². The Hall–Kier alpha value is -1.90. The van der Waals surface area contributed by atoms with Crippen LogP contribution in [0.25, 0.3) is 0 Å². The Labute approximate surface area is 177 Å². The lowest BCUT2D eigenvalue weighted by Crippen LogP contribution is -2.49. The van der Waals surface area contributed by atoms with Crippen molar-refractivity contribution in [1.82, 2.24) is 14.8 Å². The van der Waals surface area contributed by atoms with Crippen LogP contribution in [0.3, 0.4) is 0 Å². The molecule has 0 radical (unpaired) electrons. The topological polar surface area (TPSA) is 70.6 Å². The highest BCUT2D eigenvalue weighted by Gasteiger charge is 2.25. The summed E-state index contributed by atoms with van der Waals surface area (Å²) >= 11 is 1.51. The minimum Gasteiger partial charge on any atom is -0.336 e. The largest absolute Gasteiger partial charge is 0.336 e. The first-order valence-corrected chi connectivity index (χ1v) is 12.5. The number of sulfone groups is 1. The first kappa shape index (κ1) is 21.8. The summed E-state index contributed by atoms with van der Waals surface area (Å²) in [6.45, 7) is 7.21. The average molecular weight is 434 g/mol. The molecule has 2 heterocycles. The number of hydrogen-bond donors (Lipinski definition) is 0. The monoisotopic (exact) mass is 433 g/mol. The van der Waals surface area contributed by atoms with Crippen molar-refractivity contribution < 1.29 is 13.2 Å². The summed E-state index contributed by atoms with van der Waals surface area (Å²) in [5.41, 5.74) is 3.06. The van der Waals surface area contributed by atoms with E-state index in [1.54, 1.807) is 12.3 Å². The number of aromatic nitrogens is 1. The number of piperazine rings is 1. The van der Waals surface area contributed by atoms with E-state index < -0.39 is 9.84 Å². The van der Waals surface area contributed by atoms with Crippen LogP contribution in [0.1, 0.15) is 21.5 Å². The van der Waals surface area contributed by atoms with Gasteiger partial charge in [0, 0.05) is 50.1 Å². The fourth-order valence-corrected chi connectivity index (χ4v) is 4.73. The smallest absolute Gasteiger partial charge is 0.256 e. The zero-order valence-electron chi connectivity index (χ0n) is 17.1. The van der Waals surface area contributed by atoms with Crippen LogP contribution in [0.2, 0.25) is 0 Å². The van der Waals surface area contributed by atoms with Crippen LogP contribution in [0.15, 0.2) is 46.5 Å². The Morgan fingerprint density at radius 3 is 2.48 bits per heavy atom. The quantitative estimate of drug-likeness (QED) is 0.698. The Bertz CT molecular complexity index is 984. The van der Waals surface area contributed by atoms with Gasteiger partial charge in [-0.1, -0.05) is 17.8 Å². The number of carbonyl (C=O) groups is 1. The molecule has 0 bridgehead atoms. The van der Waals surface area contributed by atoms with E-state index in [2.05, 4.69) is 41.9 Å². The molecule has 3 rings (SSSR count). The SMILES string of the molecule is Cc1ccc(Sc2ncccc2C(=O)N2CCN(CCS(C)(=O)=O)CC2)cc1C. The highest BCUT2D eigenvalue weighted by atomic mass is 32.2. The van der Waals surface area contributed by atoms with E-state index in [0.29, 0.717) is 43.3 Å². The van der Waals surface area contributed by atoms with Gasteiger partial charge in [-0.15, -0.1) is 0 Å². The Balaban J connectivity index is 1.67. The van der Waals surface area contributed by atoms with Gasteiger partial charge in [-0.25, -0.2) is 13.4 Å². The van der Waals surface area contributed by atoms with Crippen molar-refractivity contribution in [3.63, 3.8) is 0 Å². The molecule has 1 aromatic carbocycles. The summed E-state index contributed by atoms with van der Waals surface area (Å²) in [6, 6.07) is 9.87. The molecule has 0 spiro atoms. The lowest BCUT2D eigenvalue weighted by atomic mass is 10.1. The van der Waals surface area contributed by atoms with Crippen LogP contribution in [-0.2, 0) is 9.84 Å². The minimum absolute atomic E-state index is 0.0211. The third-order valence-corrected chi connectivity index (χ3v) is 7.06. The maximum Gasteiger partial charge on any atom is 0.256 e. The van der Waals surface area contributed by atoms with Crippen LogP contribution >= 0.6 is 11.8 Å². The number of benzene rings is 1. The highest BCUT2D eigenvalue weighted by molar-refractivity contribution is 7.99. The zero-order chi connectivity index (χ0) is 21.0. The standard InChI is InChI=1S/C21H27N3O3S2/c1-16-6-7-18(15-17(16)2)28-20-19(5-4-8-22-20)21(25)24-11-9-23(10-12-24)13-14-29(3,26)27/h4-8,15H,9-14H2,1-3H3. The molecular weight excluding hydrogens is 406 g/mol. The predicted molar refractivity (Wildman–Crippen MR) is 116 cm³/mol. The van der Waals surface area contributed by atoms with Gasteiger partial charge in [0.2, 0.25) is 0 Å². The number of carbonyl (C=O) groups excluding carboxylic acids is 1. The molecular formula is C21H27N3O3S2. The second-order valence-corrected chi connectivity index (χ2v) is 10.8. The molecule has 8 heteroatoms. The molecule has 1 aromatic heterocycles. The van der Waals surface area contributed by atoms with Gasteiger partial charge in [-0.05, 0) is 49.2 Å².